The van der Waals surface area contributed by atoms with Gasteiger partial charge in [-0.05, 0) is 29.9 Å². The van der Waals surface area contributed by atoms with Crippen LogP contribution in [-0.4, -0.2) is 27.5 Å². The lowest BCUT2D eigenvalue weighted by Crippen LogP contribution is -1.95. The van der Waals surface area contributed by atoms with Gasteiger partial charge in [-0.15, -0.1) is 0 Å². The average molecular weight is 301 g/mol. The minimum atomic E-state index is 0.717. The highest BCUT2D eigenvalue weighted by Gasteiger charge is 1.90. The number of benzene rings is 1. The third-order valence-corrected chi connectivity index (χ3v) is 3.09. The minimum Gasteiger partial charge on any atom is -0.377 e. The number of hydrogen-bond donors (Lipinski definition) is 2. The summed E-state index contributed by atoms with van der Waals surface area (Å²) in [6.07, 6.45) is 4.51. The summed E-state index contributed by atoms with van der Waals surface area (Å²) in [6.45, 7) is 1.52. The van der Waals surface area contributed by atoms with E-state index < -0.39 is 0 Å². The van der Waals surface area contributed by atoms with Gasteiger partial charge >= 0.3 is 0 Å². The lowest BCUT2D eigenvalue weighted by molar-refractivity contribution is 0.122. The molecule has 0 fully saturated rings. The van der Waals surface area contributed by atoms with Crippen molar-refractivity contribution in [3.63, 3.8) is 0 Å². The van der Waals surface area contributed by atoms with Gasteiger partial charge in [0.2, 0.25) is 0 Å². The zero-order valence-electron chi connectivity index (χ0n) is 11.8. The molecule has 0 unspecified atom stereocenters. The maximum Gasteiger partial charge on any atom is 0.155 e. The first-order chi connectivity index (χ1) is 10.4. The molecule has 0 aliphatic carbocycles. The predicted octanol–water partition coefficient (Wildman–Crippen LogP) is 3.48. The molecule has 4 nitrogen and oxygen atoms in total. The molecule has 1 N–H and O–H groups in total. The van der Waals surface area contributed by atoms with Crippen molar-refractivity contribution in [2.24, 2.45) is 0 Å². The van der Waals surface area contributed by atoms with E-state index in [1.165, 1.54) is 5.56 Å². The van der Waals surface area contributed by atoms with E-state index in [0.717, 1.165) is 29.8 Å². The van der Waals surface area contributed by atoms with Crippen molar-refractivity contribution >= 4 is 23.7 Å². The Morgan fingerprint density at radius 3 is 2.71 bits per heavy atom. The Kier molecular flexibility index (Phi) is 6.77. The number of aromatic nitrogens is 3. The van der Waals surface area contributed by atoms with Crippen LogP contribution in [0, 0.1) is 0 Å². The highest BCUT2D eigenvalue weighted by molar-refractivity contribution is 7.80. The van der Waals surface area contributed by atoms with Gasteiger partial charge in [-0.25, -0.2) is 4.98 Å². The minimum absolute atomic E-state index is 0.717. The molecule has 3 rings (SSSR count). The van der Waals surface area contributed by atoms with Gasteiger partial charge in [-0.2, -0.15) is 17.7 Å². The molecule has 2 heterocycles. The summed E-state index contributed by atoms with van der Waals surface area (Å²) in [5.74, 6) is 0.898. The molecule has 0 saturated heterocycles. The number of aromatic amines is 1. The van der Waals surface area contributed by atoms with Crippen LogP contribution in [-0.2, 0) is 11.3 Å². The van der Waals surface area contributed by atoms with E-state index in [4.69, 9.17) is 4.74 Å². The van der Waals surface area contributed by atoms with Crippen molar-refractivity contribution in [1.29, 1.82) is 0 Å². The molecule has 21 heavy (non-hydrogen) atoms. The summed E-state index contributed by atoms with van der Waals surface area (Å²) in [5, 5.41) is 7.63. The second-order valence-corrected chi connectivity index (χ2v) is 4.87. The van der Waals surface area contributed by atoms with Gasteiger partial charge in [0.1, 0.15) is 0 Å². The molecule has 0 amide bonds. The lowest BCUT2D eigenvalue weighted by atomic mass is 10.2. The number of ether oxygens (including phenoxy) is 1. The van der Waals surface area contributed by atoms with E-state index in [2.05, 4.69) is 39.9 Å². The van der Waals surface area contributed by atoms with Crippen LogP contribution in [0.5, 0.6) is 0 Å². The smallest absolute Gasteiger partial charge is 0.155 e. The topological polar surface area (TPSA) is 50.8 Å². The number of pyridine rings is 1. The maximum absolute atomic E-state index is 5.41. The predicted molar refractivity (Wildman–Crippen MR) is 88.5 cm³/mol. The molecule has 0 bridgehead atoms. The summed E-state index contributed by atoms with van der Waals surface area (Å²) in [7, 11) is 0. The average Bonchev–Trinajstić information content (AvgIpc) is 3.02. The van der Waals surface area contributed by atoms with Crippen LogP contribution in [0.2, 0.25) is 0 Å². The first-order valence-corrected chi connectivity index (χ1v) is 7.50. The van der Waals surface area contributed by atoms with Crippen molar-refractivity contribution in [3.05, 3.63) is 60.4 Å². The summed E-state index contributed by atoms with van der Waals surface area (Å²) in [4.78, 5) is 4.02. The molecule has 0 saturated carbocycles. The number of nitrogens with zero attached hydrogens (tertiary/aromatic N) is 2. The van der Waals surface area contributed by atoms with Crippen LogP contribution in [0.4, 0.5) is 0 Å². The zero-order valence-corrected chi connectivity index (χ0v) is 12.7. The van der Waals surface area contributed by atoms with Crippen molar-refractivity contribution in [2.75, 3.05) is 12.4 Å². The number of rotatable bonds is 5. The van der Waals surface area contributed by atoms with Crippen LogP contribution >= 0.6 is 12.6 Å². The summed E-state index contributed by atoms with van der Waals surface area (Å²) < 4.78 is 5.41. The second-order valence-electron chi connectivity index (χ2n) is 4.43. The van der Waals surface area contributed by atoms with E-state index in [1.54, 1.807) is 12.4 Å². The van der Waals surface area contributed by atoms with Crippen LogP contribution in [0.1, 0.15) is 12.0 Å². The number of nitrogens with one attached hydrogen (secondary N) is 1. The van der Waals surface area contributed by atoms with E-state index in [9.17, 15) is 0 Å². The van der Waals surface area contributed by atoms with Gasteiger partial charge in [0.15, 0.2) is 5.65 Å². The fourth-order valence-electron chi connectivity index (χ4n) is 1.71. The van der Waals surface area contributed by atoms with Crippen LogP contribution in [0.3, 0.4) is 0 Å². The third-order valence-electron chi connectivity index (χ3n) is 2.77. The van der Waals surface area contributed by atoms with E-state index >= 15 is 0 Å². The van der Waals surface area contributed by atoms with E-state index in [1.807, 2.05) is 30.3 Å². The summed E-state index contributed by atoms with van der Waals surface area (Å²) in [6, 6.07) is 14.1. The Morgan fingerprint density at radius 1 is 1.10 bits per heavy atom. The van der Waals surface area contributed by atoms with Gasteiger partial charge in [0.25, 0.3) is 0 Å². The first kappa shape index (κ1) is 15.5. The Morgan fingerprint density at radius 2 is 1.95 bits per heavy atom. The van der Waals surface area contributed by atoms with Crippen LogP contribution < -0.4 is 0 Å². The third kappa shape index (κ3) is 5.57. The van der Waals surface area contributed by atoms with Crippen molar-refractivity contribution in [3.8, 4) is 0 Å². The van der Waals surface area contributed by atoms with Gasteiger partial charge in [-0.1, -0.05) is 30.3 Å². The van der Waals surface area contributed by atoms with Crippen LogP contribution in [0.15, 0.2) is 54.9 Å². The Labute approximate surface area is 130 Å². The van der Waals surface area contributed by atoms with Gasteiger partial charge in [0, 0.05) is 18.2 Å². The van der Waals surface area contributed by atoms with E-state index in [-0.39, 0.29) is 0 Å². The van der Waals surface area contributed by atoms with Gasteiger partial charge in [0.05, 0.1) is 12.8 Å². The molecule has 5 heteroatoms. The molecule has 110 valence electrons. The molecule has 0 spiro atoms. The molecule has 0 atom stereocenters. The lowest BCUT2D eigenvalue weighted by Gasteiger charge is -2.01. The summed E-state index contributed by atoms with van der Waals surface area (Å²) in [5.41, 5.74) is 2.08. The van der Waals surface area contributed by atoms with E-state index in [0.29, 0.717) is 6.61 Å². The molecular weight excluding hydrogens is 282 g/mol. The number of H-pyrrole nitrogens is 1. The SMILES string of the molecule is SCCCOCc1ccccc1.c1cnc2[nH]ncc2c1. The monoisotopic (exact) mass is 301 g/mol. The molecule has 0 radical (unpaired) electrons. The summed E-state index contributed by atoms with van der Waals surface area (Å²) >= 11 is 4.10. The Balaban J connectivity index is 0.000000159. The highest BCUT2D eigenvalue weighted by atomic mass is 32.1. The fraction of sp³-hybridized carbons (Fsp3) is 0.250. The normalized spacial score (nSPS) is 10.1. The maximum atomic E-state index is 5.41. The van der Waals surface area contributed by atoms with Crippen molar-refractivity contribution in [1.82, 2.24) is 15.2 Å². The van der Waals surface area contributed by atoms with Crippen molar-refractivity contribution in [2.45, 2.75) is 13.0 Å². The zero-order chi connectivity index (χ0) is 14.8. The molecule has 3 aromatic rings. The molecule has 1 aromatic carbocycles. The highest BCUT2D eigenvalue weighted by Crippen LogP contribution is 2.03. The Bertz CT molecular complexity index is 597. The molecular formula is C16H19N3OS. The van der Waals surface area contributed by atoms with Gasteiger partial charge in [-0.3, -0.25) is 5.10 Å². The second kappa shape index (κ2) is 9.15. The number of thiol groups is 1. The van der Waals surface area contributed by atoms with Crippen LogP contribution in [0.25, 0.3) is 11.0 Å². The first-order valence-electron chi connectivity index (χ1n) is 6.87. The molecule has 2 aromatic heterocycles. The quantitative estimate of drug-likeness (QED) is 0.560. The standard InChI is InChI=1S/C10H14OS.C6H5N3/c12-8-4-7-11-9-10-5-2-1-3-6-10;1-2-5-4-8-9-6(5)7-3-1/h1-3,5-6,12H,4,7-9H2;1-4H,(H,7,8,9). The van der Waals surface area contributed by atoms with Crippen molar-refractivity contribution < 1.29 is 4.74 Å². The largest absolute Gasteiger partial charge is 0.377 e. The molecule has 0 aliphatic heterocycles. The Hall–Kier alpha value is -1.85. The molecule has 0 aliphatic rings. The fourth-order valence-corrected chi connectivity index (χ4v) is 1.84. The van der Waals surface area contributed by atoms with Gasteiger partial charge < -0.3 is 4.74 Å². The number of fused-ring (bicyclic) bond motifs is 1. The number of hydrogen-bond acceptors (Lipinski definition) is 4.